The van der Waals surface area contributed by atoms with Crippen molar-refractivity contribution >= 4 is 8.80 Å². The van der Waals surface area contributed by atoms with E-state index in [2.05, 4.69) is 38.1 Å². The molecule has 0 bridgehead atoms. The lowest BCUT2D eigenvalue weighted by Crippen LogP contribution is -2.24. The molecule has 1 nitrogen and oxygen atoms in total. The van der Waals surface area contributed by atoms with Crippen molar-refractivity contribution in [1.82, 2.24) is 0 Å². The predicted molar refractivity (Wildman–Crippen MR) is 99.8 cm³/mol. The maximum absolute atomic E-state index is 6.03. The second-order valence-electron chi connectivity index (χ2n) is 7.09. The quantitative estimate of drug-likeness (QED) is 0.410. The monoisotopic (exact) mass is 318 g/mol. The summed E-state index contributed by atoms with van der Waals surface area (Å²) in [6.45, 7) is 5.47. The van der Waals surface area contributed by atoms with Gasteiger partial charge >= 0.3 is 0 Å². The van der Waals surface area contributed by atoms with Crippen molar-refractivity contribution in [1.29, 1.82) is 0 Å². The lowest BCUT2D eigenvalue weighted by molar-refractivity contribution is 0.236. The highest BCUT2D eigenvalue weighted by Crippen LogP contribution is 2.29. The highest BCUT2D eigenvalue weighted by atomic mass is 28.3. The number of ether oxygens (including phenoxy) is 1. The highest BCUT2D eigenvalue weighted by molar-refractivity contribution is 6.58. The number of hydrogen-bond donors (Lipinski definition) is 0. The molecule has 0 N–H and O–H groups in total. The third-order valence-electron chi connectivity index (χ3n) is 5.13. The molecule has 124 valence electrons. The van der Waals surface area contributed by atoms with Crippen LogP contribution in [0.25, 0.3) is 0 Å². The van der Waals surface area contributed by atoms with Gasteiger partial charge in [-0.25, -0.2) is 0 Å². The van der Waals surface area contributed by atoms with E-state index in [1.165, 1.54) is 50.5 Å². The lowest BCUT2D eigenvalue weighted by Gasteiger charge is -2.27. The average Bonchev–Trinajstić information content (AvgIpc) is 2.56. The van der Waals surface area contributed by atoms with Crippen molar-refractivity contribution in [3.8, 4) is 5.75 Å². The number of rotatable bonds is 9. The first-order chi connectivity index (χ1) is 10.8. The zero-order valence-electron chi connectivity index (χ0n) is 14.7. The fraction of sp³-hybridized carbons (Fsp3) is 0.700. The van der Waals surface area contributed by atoms with E-state index in [1.54, 1.807) is 18.1 Å². The molecule has 1 fully saturated rings. The van der Waals surface area contributed by atoms with Crippen LogP contribution in [-0.2, 0) is 6.42 Å². The van der Waals surface area contributed by atoms with Gasteiger partial charge in [0.25, 0.3) is 0 Å². The second-order valence-corrected chi connectivity index (χ2v) is 10.6. The van der Waals surface area contributed by atoms with Gasteiger partial charge in [-0.05, 0) is 42.9 Å². The summed E-state index contributed by atoms with van der Waals surface area (Å²) < 4.78 is 6.03. The molecule has 0 saturated carbocycles. The minimum Gasteiger partial charge on any atom is -0.493 e. The summed E-state index contributed by atoms with van der Waals surface area (Å²) in [4.78, 5) is 0. The maximum Gasteiger partial charge on any atom is 0.119 e. The zero-order valence-corrected chi connectivity index (χ0v) is 15.8. The van der Waals surface area contributed by atoms with Crippen LogP contribution in [0.2, 0.25) is 18.1 Å². The van der Waals surface area contributed by atoms with Crippen LogP contribution in [0.3, 0.4) is 0 Å². The summed E-state index contributed by atoms with van der Waals surface area (Å²) in [5.74, 6) is 1.87. The molecule has 1 aromatic carbocycles. The highest BCUT2D eigenvalue weighted by Gasteiger charge is 2.22. The van der Waals surface area contributed by atoms with Gasteiger partial charge in [-0.15, -0.1) is 0 Å². The van der Waals surface area contributed by atoms with Gasteiger partial charge in [-0.3, -0.25) is 0 Å². The van der Waals surface area contributed by atoms with E-state index in [-0.39, 0.29) is 8.80 Å². The predicted octanol–water partition coefficient (Wildman–Crippen LogP) is 5.85. The molecular formula is C20H34OSi. The van der Waals surface area contributed by atoms with Crippen molar-refractivity contribution in [3.05, 3.63) is 29.8 Å². The van der Waals surface area contributed by atoms with Crippen LogP contribution in [0.4, 0.5) is 0 Å². The Bertz CT molecular complexity index is 393. The third-order valence-corrected chi connectivity index (χ3v) is 8.65. The number of benzene rings is 1. The molecule has 22 heavy (non-hydrogen) atoms. The van der Waals surface area contributed by atoms with Gasteiger partial charge in [-0.1, -0.05) is 69.8 Å². The Labute approximate surface area is 139 Å². The standard InChI is InChI=1S/C20H34OSi/c1-3-5-6-14-22-15-12-19(13-16-22)17-21-20-10-8-18(7-4-2)9-11-20/h8-11,19,22H,3-7,12-17H2,1-2H3. The van der Waals surface area contributed by atoms with E-state index in [4.69, 9.17) is 4.74 Å². The number of hydrogen-bond acceptors (Lipinski definition) is 1. The molecule has 2 rings (SSSR count). The fourth-order valence-corrected chi connectivity index (χ4v) is 7.24. The lowest BCUT2D eigenvalue weighted by atomic mass is 10.0. The van der Waals surface area contributed by atoms with Crippen molar-refractivity contribution < 1.29 is 4.74 Å². The smallest absolute Gasteiger partial charge is 0.119 e. The first-order valence-corrected chi connectivity index (χ1v) is 12.0. The van der Waals surface area contributed by atoms with Crippen LogP contribution >= 0.6 is 0 Å². The van der Waals surface area contributed by atoms with E-state index in [0.29, 0.717) is 0 Å². The molecule has 0 atom stereocenters. The zero-order chi connectivity index (χ0) is 15.6. The van der Waals surface area contributed by atoms with Crippen LogP contribution in [-0.4, -0.2) is 15.4 Å². The maximum atomic E-state index is 6.03. The second kappa shape index (κ2) is 10.1. The van der Waals surface area contributed by atoms with Gasteiger partial charge in [0.1, 0.15) is 5.75 Å². The van der Waals surface area contributed by atoms with E-state index in [0.717, 1.165) is 18.3 Å². The van der Waals surface area contributed by atoms with Crippen molar-refractivity contribution in [2.45, 2.75) is 76.9 Å². The van der Waals surface area contributed by atoms with E-state index >= 15 is 0 Å². The van der Waals surface area contributed by atoms with Gasteiger partial charge in [0.05, 0.1) is 6.61 Å². The van der Waals surface area contributed by atoms with Crippen LogP contribution in [0.15, 0.2) is 24.3 Å². The molecule has 0 aliphatic carbocycles. The Balaban J connectivity index is 1.64. The summed E-state index contributed by atoms with van der Waals surface area (Å²) in [6, 6.07) is 13.5. The summed E-state index contributed by atoms with van der Waals surface area (Å²) >= 11 is 0. The largest absolute Gasteiger partial charge is 0.493 e. The average molecular weight is 319 g/mol. The van der Waals surface area contributed by atoms with Gasteiger partial charge in [-0.2, -0.15) is 0 Å². The molecule has 0 aromatic heterocycles. The molecule has 1 saturated heterocycles. The Hall–Kier alpha value is -0.763. The minimum absolute atomic E-state index is 0.365. The van der Waals surface area contributed by atoms with Gasteiger partial charge in [0, 0.05) is 8.80 Å². The summed E-state index contributed by atoms with van der Waals surface area (Å²) in [5, 5.41) is 0. The Morgan fingerprint density at radius 2 is 1.73 bits per heavy atom. The SMILES string of the molecule is CCCCC[SiH]1CCC(COc2ccc(CCC)cc2)CC1. The van der Waals surface area contributed by atoms with Gasteiger partial charge in [0.2, 0.25) is 0 Å². The van der Waals surface area contributed by atoms with E-state index in [1.807, 2.05) is 0 Å². The Morgan fingerprint density at radius 3 is 2.36 bits per heavy atom. The topological polar surface area (TPSA) is 9.23 Å². The molecule has 0 spiro atoms. The number of unbranched alkanes of at least 4 members (excludes halogenated alkanes) is 2. The van der Waals surface area contributed by atoms with Crippen LogP contribution in [0.1, 0.15) is 57.9 Å². The van der Waals surface area contributed by atoms with Crippen molar-refractivity contribution in [2.75, 3.05) is 6.61 Å². The molecule has 0 unspecified atom stereocenters. The van der Waals surface area contributed by atoms with Crippen molar-refractivity contribution in [3.63, 3.8) is 0 Å². The fourth-order valence-electron chi connectivity index (χ4n) is 3.62. The molecule has 0 radical (unpaired) electrons. The van der Waals surface area contributed by atoms with Crippen molar-refractivity contribution in [2.24, 2.45) is 5.92 Å². The van der Waals surface area contributed by atoms with E-state index in [9.17, 15) is 0 Å². The number of aryl methyl sites for hydroxylation is 1. The first kappa shape index (κ1) is 17.6. The first-order valence-electron chi connectivity index (χ1n) is 9.53. The summed E-state index contributed by atoms with van der Waals surface area (Å²) in [6.07, 6.45) is 9.56. The van der Waals surface area contributed by atoms with Gasteiger partial charge < -0.3 is 4.74 Å². The molecule has 0 amide bonds. The van der Waals surface area contributed by atoms with Crippen LogP contribution in [0.5, 0.6) is 5.75 Å². The van der Waals surface area contributed by atoms with Gasteiger partial charge in [0.15, 0.2) is 0 Å². The normalized spacial score (nSPS) is 21.7. The van der Waals surface area contributed by atoms with Crippen LogP contribution in [0, 0.1) is 5.92 Å². The molecule has 2 heteroatoms. The minimum atomic E-state index is -0.365. The molecule has 1 aliphatic heterocycles. The molecule has 1 aromatic rings. The third kappa shape index (κ3) is 6.16. The summed E-state index contributed by atoms with van der Waals surface area (Å²) in [7, 11) is -0.365. The summed E-state index contributed by atoms with van der Waals surface area (Å²) in [5.41, 5.74) is 1.42. The molecular weight excluding hydrogens is 284 g/mol. The van der Waals surface area contributed by atoms with Crippen LogP contribution < -0.4 is 4.74 Å². The molecule has 1 aliphatic rings. The Morgan fingerprint density at radius 1 is 1.00 bits per heavy atom. The van der Waals surface area contributed by atoms with E-state index < -0.39 is 0 Å². The molecule has 1 heterocycles. The Kier molecular flexibility index (Phi) is 8.07.